The van der Waals surface area contributed by atoms with Gasteiger partial charge in [-0.3, -0.25) is 0 Å². The summed E-state index contributed by atoms with van der Waals surface area (Å²) in [5, 5.41) is 2.13. The average molecular weight is 197 g/mol. The molecule has 1 aliphatic heterocycles. The van der Waals surface area contributed by atoms with Gasteiger partial charge >= 0.3 is 0 Å². The van der Waals surface area contributed by atoms with Gasteiger partial charge in [0, 0.05) is 16.9 Å². The van der Waals surface area contributed by atoms with Gasteiger partial charge in [0.1, 0.15) is 0 Å². The molecule has 2 heterocycles. The van der Waals surface area contributed by atoms with Crippen LogP contribution in [0.2, 0.25) is 0 Å². The number of ether oxygens (including phenoxy) is 1. The number of rotatable bonds is 3. The van der Waals surface area contributed by atoms with Crippen LogP contribution in [0.25, 0.3) is 0 Å². The molecule has 0 saturated carbocycles. The number of nitrogens with two attached hydrogens (primary N) is 1. The minimum Gasteiger partial charge on any atom is -0.380 e. The Morgan fingerprint density at radius 3 is 3.08 bits per heavy atom. The Labute approximate surface area is 82.7 Å². The van der Waals surface area contributed by atoms with E-state index in [1.54, 1.807) is 0 Å². The Morgan fingerprint density at radius 2 is 2.54 bits per heavy atom. The molecule has 2 rings (SSSR count). The third kappa shape index (κ3) is 1.64. The highest BCUT2D eigenvalue weighted by Crippen LogP contribution is 2.38. The SMILES string of the molecule is NCCC1(c2cccs2)CCOC1. The standard InChI is InChI=1S/C10H15NOS/c11-5-3-10(4-6-12-8-10)9-2-1-7-13-9/h1-2,7H,3-6,8,11H2. The Kier molecular flexibility index (Phi) is 2.67. The van der Waals surface area contributed by atoms with Gasteiger partial charge < -0.3 is 10.5 Å². The zero-order valence-corrected chi connectivity index (χ0v) is 8.48. The molecule has 13 heavy (non-hydrogen) atoms. The summed E-state index contributed by atoms with van der Waals surface area (Å²) in [7, 11) is 0. The van der Waals surface area contributed by atoms with Crippen LogP contribution >= 0.6 is 11.3 Å². The predicted molar refractivity (Wildman–Crippen MR) is 55.1 cm³/mol. The van der Waals surface area contributed by atoms with Crippen molar-refractivity contribution < 1.29 is 4.74 Å². The second kappa shape index (κ2) is 3.78. The first-order chi connectivity index (χ1) is 6.37. The highest BCUT2D eigenvalue weighted by Gasteiger charge is 2.36. The van der Waals surface area contributed by atoms with Gasteiger partial charge in [-0.25, -0.2) is 0 Å². The molecule has 0 aromatic carbocycles. The van der Waals surface area contributed by atoms with Gasteiger partial charge in [-0.1, -0.05) is 6.07 Å². The lowest BCUT2D eigenvalue weighted by Gasteiger charge is -2.25. The molecule has 72 valence electrons. The minimum absolute atomic E-state index is 0.239. The highest BCUT2D eigenvalue weighted by molar-refractivity contribution is 7.10. The van der Waals surface area contributed by atoms with E-state index in [1.807, 2.05) is 11.3 Å². The van der Waals surface area contributed by atoms with Crippen LogP contribution in [0.3, 0.4) is 0 Å². The van der Waals surface area contributed by atoms with E-state index in [4.69, 9.17) is 10.5 Å². The van der Waals surface area contributed by atoms with Gasteiger partial charge in [0.05, 0.1) is 6.61 Å². The second-order valence-corrected chi connectivity index (χ2v) is 4.55. The lowest BCUT2D eigenvalue weighted by Crippen LogP contribution is -2.28. The van der Waals surface area contributed by atoms with Crippen LogP contribution in [0.1, 0.15) is 17.7 Å². The van der Waals surface area contributed by atoms with Crippen molar-refractivity contribution in [3.63, 3.8) is 0 Å². The first-order valence-corrected chi connectivity index (χ1v) is 5.57. The summed E-state index contributed by atoms with van der Waals surface area (Å²) in [5.74, 6) is 0. The van der Waals surface area contributed by atoms with Crippen LogP contribution in [-0.2, 0) is 10.2 Å². The monoisotopic (exact) mass is 197 g/mol. The van der Waals surface area contributed by atoms with E-state index in [2.05, 4.69) is 17.5 Å². The number of hydrogen-bond donors (Lipinski definition) is 1. The fourth-order valence-corrected chi connectivity index (χ4v) is 2.95. The van der Waals surface area contributed by atoms with Gasteiger partial charge in [-0.2, -0.15) is 0 Å². The molecule has 1 saturated heterocycles. The van der Waals surface area contributed by atoms with E-state index in [-0.39, 0.29) is 5.41 Å². The molecule has 0 radical (unpaired) electrons. The fraction of sp³-hybridized carbons (Fsp3) is 0.600. The van der Waals surface area contributed by atoms with Crippen molar-refractivity contribution in [1.82, 2.24) is 0 Å². The molecular weight excluding hydrogens is 182 g/mol. The third-order valence-electron chi connectivity index (χ3n) is 2.77. The Morgan fingerprint density at radius 1 is 1.62 bits per heavy atom. The summed E-state index contributed by atoms with van der Waals surface area (Å²) in [6, 6.07) is 4.31. The lowest BCUT2D eigenvalue weighted by atomic mass is 9.82. The Bertz CT molecular complexity index is 252. The largest absolute Gasteiger partial charge is 0.380 e. The fourth-order valence-electron chi connectivity index (χ4n) is 1.98. The molecule has 0 amide bonds. The summed E-state index contributed by atoms with van der Waals surface area (Å²) in [5.41, 5.74) is 5.89. The van der Waals surface area contributed by atoms with Crippen LogP contribution < -0.4 is 5.73 Å². The van der Waals surface area contributed by atoms with Crippen LogP contribution in [0, 0.1) is 0 Å². The second-order valence-electron chi connectivity index (χ2n) is 3.60. The molecule has 1 atom stereocenters. The van der Waals surface area contributed by atoms with Gasteiger partial charge in [-0.15, -0.1) is 11.3 Å². The zero-order chi connectivity index (χ0) is 9.15. The Balaban J connectivity index is 2.22. The molecule has 2 nitrogen and oxygen atoms in total. The van der Waals surface area contributed by atoms with E-state index < -0.39 is 0 Å². The molecule has 1 aromatic rings. The molecule has 3 heteroatoms. The van der Waals surface area contributed by atoms with Gasteiger partial charge in [0.15, 0.2) is 0 Å². The van der Waals surface area contributed by atoms with Crippen molar-refractivity contribution in [3.8, 4) is 0 Å². The van der Waals surface area contributed by atoms with Crippen LogP contribution in [0.4, 0.5) is 0 Å². The first-order valence-electron chi connectivity index (χ1n) is 4.69. The Hall–Kier alpha value is -0.380. The van der Waals surface area contributed by atoms with E-state index in [0.29, 0.717) is 0 Å². The average Bonchev–Trinajstić information content (AvgIpc) is 2.73. The minimum atomic E-state index is 0.239. The third-order valence-corrected chi connectivity index (χ3v) is 3.89. The van der Waals surface area contributed by atoms with Crippen LogP contribution in [0.5, 0.6) is 0 Å². The maximum absolute atomic E-state index is 5.65. The maximum Gasteiger partial charge on any atom is 0.0572 e. The van der Waals surface area contributed by atoms with E-state index in [9.17, 15) is 0 Å². The quantitative estimate of drug-likeness (QED) is 0.801. The number of hydrogen-bond acceptors (Lipinski definition) is 3. The molecule has 1 aliphatic rings. The first kappa shape index (κ1) is 9.19. The van der Waals surface area contributed by atoms with E-state index in [1.165, 1.54) is 4.88 Å². The molecular formula is C10H15NOS. The summed E-state index contributed by atoms with van der Waals surface area (Å²) in [6.07, 6.45) is 2.18. The molecule has 0 aliphatic carbocycles. The van der Waals surface area contributed by atoms with E-state index >= 15 is 0 Å². The molecule has 0 spiro atoms. The van der Waals surface area contributed by atoms with Crippen molar-refractivity contribution >= 4 is 11.3 Å². The van der Waals surface area contributed by atoms with Crippen molar-refractivity contribution in [2.75, 3.05) is 19.8 Å². The summed E-state index contributed by atoms with van der Waals surface area (Å²) >= 11 is 1.82. The van der Waals surface area contributed by atoms with Crippen molar-refractivity contribution in [1.29, 1.82) is 0 Å². The van der Waals surface area contributed by atoms with Gasteiger partial charge in [0.2, 0.25) is 0 Å². The predicted octanol–water partition coefficient (Wildman–Crippen LogP) is 1.76. The van der Waals surface area contributed by atoms with E-state index in [0.717, 1.165) is 32.6 Å². The zero-order valence-electron chi connectivity index (χ0n) is 7.66. The summed E-state index contributed by atoms with van der Waals surface area (Å²) in [4.78, 5) is 1.44. The molecule has 0 bridgehead atoms. The number of thiophene rings is 1. The van der Waals surface area contributed by atoms with Gasteiger partial charge in [0.25, 0.3) is 0 Å². The van der Waals surface area contributed by atoms with Crippen molar-refractivity contribution in [2.45, 2.75) is 18.3 Å². The lowest BCUT2D eigenvalue weighted by molar-refractivity contribution is 0.176. The van der Waals surface area contributed by atoms with Gasteiger partial charge in [-0.05, 0) is 30.8 Å². The molecule has 2 N–H and O–H groups in total. The molecule has 1 unspecified atom stereocenters. The topological polar surface area (TPSA) is 35.2 Å². The molecule has 1 fully saturated rings. The smallest absolute Gasteiger partial charge is 0.0572 e. The van der Waals surface area contributed by atoms with Crippen molar-refractivity contribution in [3.05, 3.63) is 22.4 Å². The highest BCUT2D eigenvalue weighted by atomic mass is 32.1. The van der Waals surface area contributed by atoms with Crippen molar-refractivity contribution in [2.24, 2.45) is 5.73 Å². The summed E-state index contributed by atoms with van der Waals surface area (Å²) in [6.45, 7) is 2.49. The normalized spacial score (nSPS) is 28.1. The van der Waals surface area contributed by atoms with Crippen LogP contribution in [0.15, 0.2) is 17.5 Å². The van der Waals surface area contributed by atoms with Crippen LogP contribution in [-0.4, -0.2) is 19.8 Å². The maximum atomic E-state index is 5.65. The summed E-state index contributed by atoms with van der Waals surface area (Å²) < 4.78 is 5.49. The molecule has 1 aromatic heterocycles.